The summed E-state index contributed by atoms with van der Waals surface area (Å²) in [5, 5.41) is 0.612. The molecule has 0 aliphatic carbocycles. The maximum absolute atomic E-state index is 11.9. The lowest BCUT2D eigenvalue weighted by atomic mass is 9.97. The van der Waals surface area contributed by atoms with E-state index < -0.39 is 0 Å². The molecule has 22 heavy (non-hydrogen) atoms. The van der Waals surface area contributed by atoms with Crippen LogP contribution in [0.2, 0.25) is 5.02 Å². The number of benzene rings is 2. The number of halogens is 1. The van der Waals surface area contributed by atoms with Crippen LogP contribution in [0.3, 0.4) is 0 Å². The predicted molar refractivity (Wildman–Crippen MR) is 88.2 cm³/mol. The van der Waals surface area contributed by atoms with Crippen molar-refractivity contribution in [1.82, 2.24) is 0 Å². The average molecular weight is 317 g/mol. The van der Waals surface area contributed by atoms with Crippen molar-refractivity contribution in [3.05, 3.63) is 70.8 Å². The molecule has 0 saturated carbocycles. The highest BCUT2D eigenvalue weighted by Gasteiger charge is 2.09. The predicted octanol–water partition coefficient (Wildman–Crippen LogP) is 4.34. The third kappa shape index (κ3) is 4.12. The molecule has 0 atom stereocenters. The average Bonchev–Trinajstić information content (AvgIpc) is 2.53. The topological polar surface area (TPSA) is 35.5 Å². The van der Waals surface area contributed by atoms with E-state index in [0.717, 1.165) is 22.4 Å². The van der Waals surface area contributed by atoms with Crippen LogP contribution in [0, 0.1) is 0 Å². The van der Waals surface area contributed by atoms with Crippen molar-refractivity contribution in [3.63, 3.8) is 0 Å². The first-order chi connectivity index (χ1) is 10.6. The zero-order valence-electron chi connectivity index (χ0n) is 12.5. The molecule has 2 rings (SSSR count). The number of carbonyl (C=O) groups is 1. The Hall–Kier alpha value is -2.26. The van der Waals surface area contributed by atoms with Crippen molar-refractivity contribution < 1.29 is 14.3 Å². The van der Waals surface area contributed by atoms with Gasteiger partial charge in [-0.25, -0.2) is 4.79 Å². The van der Waals surface area contributed by atoms with Crippen molar-refractivity contribution in [2.24, 2.45) is 0 Å². The van der Waals surface area contributed by atoms with Crippen molar-refractivity contribution >= 4 is 23.1 Å². The van der Waals surface area contributed by atoms with Crippen LogP contribution < -0.4 is 4.74 Å². The first-order valence-corrected chi connectivity index (χ1v) is 7.30. The van der Waals surface area contributed by atoms with E-state index in [2.05, 4.69) is 0 Å². The van der Waals surface area contributed by atoms with Gasteiger partial charge in [0.2, 0.25) is 0 Å². The molecule has 2 aromatic carbocycles. The molecular weight excluding hydrogens is 300 g/mol. The van der Waals surface area contributed by atoms with Crippen LogP contribution in [-0.2, 0) is 9.53 Å². The molecule has 4 heteroatoms. The van der Waals surface area contributed by atoms with E-state index in [1.165, 1.54) is 6.08 Å². The Balaban J connectivity index is 2.47. The molecular formula is C18H17ClO3. The van der Waals surface area contributed by atoms with Gasteiger partial charge in [-0.1, -0.05) is 35.9 Å². The third-order valence-electron chi connectivity index (χ3n) is 3.09. The fourth-order valence-electron chi connectivity index (χ4n) is 2.06. The van der Waals surface area contributed by atoms with Crippen LogP contribution in [-0.4, -0.2) is 19.7 Å². The summed E-state index contributed by atoms with van der Waals surface area (Å²) in [5.41, 5.74) is 2.49. The molecule has 0 amide bonds. The summed E-state index contributed by atoms with van der Waals surface area (Å²) in [6, 6.07) is 14.8. The first-order valence-electron chi connectivity index (χ1n) is 6.93. The lowest BCUT2D eigenvalue weighted by Crippen LogP contribution is -2.02. The van der Waals surface area contributed by atoms with Gasteiger partial charge in [0.25, 0.3) is 0 Å². The second kappa shape index (κ2) is 7.66. The maximum atomic E-state index is 11.9. The quantitative estimate of drug-likeness (QED) is 0.608. The molecule has 0 spiro atoms. The van der Waals surface area contributed by atoms with Gasteiger partial charge in [-0.15, -0.1) is 0 Å². The van der Waals surface area contributed by atoms with E-state index in [4.69, 9.17) is 21.1 Å². The SMILES string of the molecule is CCOC(=O)/C=C(\c1ccc(OC)cc1)c1cccc(Cl)c1. The highest BCUT2D eigenvalue weighted by molar-refractivity contribution is 6.30. The molecule has 114 valence electrons. The van der Waals surface area contributed by atoms with Gasteiger partial charge in [0, 0.05) is 11.1 Å². The Morgan fingerprint density at radius 1 is 1.14 bits per heavy atom. The summed E-state index contributed by atoms with van der Waals surface area (Å²) >= 11 is 6.06. The second-order valence-corrected chi connectivity index (χ2v) is 4.99. The molecule has 3 nitrogen and oxygen atoms in total. The number of esters is 1. The number of methoxy groups -OCH3 is 1. The minimum Gasteiger partial charge on any atom is -0.497 e. The molecule has 0 fully saturated rings. The van der Waals surface area contributed by atoms with Gasteiger partial charge in [-0.2, -0.15) is 0 Å². The van der Waals surface area contributed by atoms with Crippen LogP contribution >= 0.6 is 11.6 Å². The van der Waals surface area contributed by atoms with Gasteiger partial charge in [-0.05, 0) is 47.9 Å². The summed E-state index contributed by atoms with van der Waals surface area (Å²) in [4.78, 5) is 11.9. The Morgan fingerprint density at radius 3 is 2.45 bits per heavy atom. The highest BCUT2D eigenvalue weighted by Crippen LogP contribution is 2.27. The Kier molecular flexibility index (Phi) is 5.61. The van der Waals surface area contributed by atoms with Crippen LogP contribution in [0.15, 0.2) is 54.6 Å². The van der Waals surface area contributed by atoms with Gasteiger partial charge >= 0.3 is 5.97 Å². The third-order valence-corrected chi connectivity index (χ3v) is 3.32. The Morgan fingerprint density at radius 2 is 1.86 bits per heavy atom. The van der Waals surface area contributed by atoms with Gasteiger partial charge in [0.1, 0.15) is 5.75 Å². The minimum absolute atomic E-state index is 0.334. The van der Waals surface area contributed by atoms with E-state index in [1.54, 1.807) is 20.1 Å². The van der Waals surface area contributed by atoms with Crippen molar-refractivity contribution in [1.29, 1.82) is 0 Å². The van der Waals surface area contributed by atoms with Crippen molar-refractivity contribution in [3.8, 4) is 5.75 Å². The Bertz CT molecular complexity index is 675. The number of rotatable bonds is 5. The molecule has 0 heterocycles. The molecule has 0 aliphatic rings. The Labute approximate surface area is 135 Å². The first kappa shape index (κ1) is 16.1. The lowest BCUT2D eigenvalue weighted by molar-refractivity contribution is -0.137. The van der Waals surface area contributed by atoms with E-state index in [-0.39, 0.29) is 5.97 Å². The van der Waals surface area contributed by atoms with E-state index in [9.17, 15) is 4.79 Å². The number of carbonyl (C=O) groups excluding carboxylic acids is 1. The molecule has 0 unspecified atom stereocenters. The summed E-state index contributed by atoms with van der Waals surface area (Å²) in [7, 11) is 1.61. The van der Waals surface area contributed by atoms with Crippen LogP contribution in [0.1, 0.15) is 18.1 Å². The minimum atomic E-state index is -0.381. The van der Waals surface area contributed by atoms with E-state index >= 15 is 0 Å². The fourth-order valence-corrected chi connectivity index (χ4v) is 2.25. The molecule has 0 aromatic heterocycles. The summed E-state index contributed by atoms with van der Waals surface area (Å²) in [6.45, 7) is 2.11. The molecule has 0 aliphatic heterocycles. The highest BCUT2D eigenvalue weighted by atomic mass is 35.5. The molecule has 0 N–H and O–H groups in total. The summed E-state index contributed by atoms with van der Waals surface area (Å²) in [6.07, 6.45) is 1.48. The summed E-state index contributed by atoms with van der Waals surface area (Å²) < 4.78 is 10.2. The number of hydrogen-bond acceptors (Lipinski definition) is 3. The van der Waals surface area contributed by atoms with Gasteiger partial charge in [-0.3, -0.25) is 0 Å². The molecule has 0 radical (unpaired) electrons. The smallest absolute Gasteiger partial charge is 0.331 e. The van der Waals surface area contributed by atoms with Crippen molar-refractivity contribution in [2.45, 2.75) is 6.92 Å². The van der Waals surface area contributed by atoms with Crippen molar-refractivity contribution in [2.75, 3.05) is 13.7 Å². The van der Waals surface area contributed by atoms with Gasteiger partial charge in [0.05, 0.1) is 13.7 Å². The standard InChI is InChI=1S/C18H17ClO3/c1-3-22-18(20)12-17(14-5-4-6-15(19)11-14)13-7-9-16(21-2)10-8-13/h4-12H,3H2,1-2H3/b17-12+. The number of hydrogen-bond donors (Lipinski definition) is 0. The maximum Gasteiger partial charge on any atom is 0.331 e. The normalized spacial score (nSPS) is 11.1. The zero-order valence-corrected chi connectivity index (χ0v) is 13.3. The van der Waals surface area contributed by atoms with E-state index in [0.29, 0.717) is 11.6 Å². The van der Waals surface area contributed by atoms with Crippen LogP contribution in [0.5, 0.6) is 5.75 Å². The van der Waals surface area contributed by atoms with Gasteiger partial charge < -0.3 is 9.47 Å². The molecule has 0 saturated heterocycles. The number of ether oxygens (including phenoxy) is 2. The molecule has 0 bridgehead atoms. The fraction of sp³-hybridized carbons (Fsp3) is 0.167. The second-order valence-electron chi connectivity index (χ2n) is 4.55. The lowest BCUT2D eigenvalue weighted by Gasteiger charge is -2.10. The molecule has 2 aromatic rings. The van der Waals surface area contributed by atoms with E-state index in [1.807, 2.05) is 42.5 Å². The largest absolute Gasteiger partial charge is 0.497 e. The zero-order chi connectivity index (χ0) is 15.9. The monoisotopic (exact) mass is 316 g/mol. The summed E-state index contributed by atoms with van der Waals surface area (Å²) in [5.74, 6) is 0.374. The van der Waals surface area contributed by atoms with Crippen LogP contribution in [0.25, 0.3) is 5.57 Å². The van der Waals surface area contributed by atoms with Gasteiger partial charge in [0.15, 0.2) is 0 Å². The van der Waals surface area contributed by atoms with Crippen LogP contribution in [0.4, 0.5) is 0 Å².